The fraction of sp³-hybridized carbons (Fsp3) is 0.714. The van der Waals surface area contributed by atoms with Crippen LogP contribution in [0.25, 0.3) is 0 Å². The summed E-state index contributed by atoms with van der Waals surface area (Å²) in [5.41, 5.74) is -1.27. The van der Waals surface area contributed by atoms with Crippen LogP contribution in [0, 0.1) is 32.8 Å². The van der Waals surface area contributed by atoms with Gasteiger partial charge >= 0.3 is 11.9 Å². The molecule has 3 fully saturated rings. The number of aliphatic hydroxyl groups is 3. The molecular weight excluding hydrogens is 575 g/mol. The van der Waals surface area contributed by atoms with Gasteiger partial charge in [-0.2, -0.15) is 0 Å². The maximum absolute atomic E-state index is 17.2. The van der Waals surface area contributed by atoms with Crippen molar-refractivity contribution < 1.29 is 58.3 Å². The second-order valence-electron chi connectivity index (χ2n) is 12.3. The van der Waals surface area contributed by atoms with Crippen LogP contribution in [0.4, 0.5) is 4.39 Å². The first kappa shape index (κ1) is 32.6. The maximum atomic E-state index is 17.2. The molecule has 4 rings (SSSR count). The van der Waals surface area contributed by atoms with Crippen molar-refractivity contribution in [3.63, 3.8) is 0 Å². The Morgan fingerprint density at radius 1 is 1.21 bits per heavy atom. The average molecular weight is 613 g/mol. The fourth-order valence-corrected chi connectivity index (χ4v) is 7.76. The predicted octanol–water partition coefficient (Wildman–Crippen LogP) is 0.0304. The third-order valence-electron chi connectivity index (χ3n) is 10.1. The van der Waals surface area contributed by atoms with Gasteiger partial charge in [0, 0.05) is 23.2 Å². The van der Waals surface area contributed by atoms with Crippen LogP contribution in [0.3, 0.4) is 0 Å². The number of ether oxygens (including phenoxy) is 2. The molecule has 0 bridgehead atoms. The number of nitrogens with zero attached hydrogens (tertiary/aromatic N) is 1. The molecule has 0 aliphatic heterocycles. The third kappa shape index (κ3) is 5.25. The number of aliphatic hydroxyl groups excluding tert-OH is 2. The highest BCUT2D eigenvalue weighted by atomic mass is 19.1. The molecule has 4 aliphatic carbocycles. The Balaban J connectivity index is 1.41. The summed E-state index contributed by atoms with van der Waals surface area (Å²) in [6.45, 7) is 1.19. The van der Waals surface area contributed by atoms with Gasteiger partial charge in [0.1, 0.15) is 12.6 Å². The van der Waals surface area contributed by atoms with E-state index in [9.17, 15) is 44.6 Å². The van der Waals surface area contributed by atoms with E-state index in [-0.39, 0.29) is 44.5 Å². The Bertz CT molecular complexity index is 1260. The number of carbonyl (C=O) groups is 4. The first-order valence-corrected chi connectivity index (χ1v) is 14.1. The van der Waals surface area contributed by atoms with Crippen molar-refractivity contribution >= 4 is 23.5 Å². The molecule has 238 valence electrons. The summed E-state index contributed by atoms with van der Waals surface area (Å²) in [5.74, 6) is -4.87. The molecule has 5 N–H and O–H groups in total. The van der Waals surface area contributed by atoms with E-state index in [2.05, 4.69) is 4.84 Å². The lowest BCUT2D eigenvalue weighted by Crippen LogP contribution is -2.69. The monoisotopic (exact) mass is 612 g/mol. The molecule has 15 heteroatoms. The Morgan fingerprint density at radius 2 is 1.91 bits per heavy atom. The zero-order valence-electron chi connectivity index (χ0n) is 23.9. The van der Waals surface area contributed by atoms with Crippen LogP contribution >= 0.6 is 0 Å². The van der Waals surface area contributed by atoms with Gasteiger partial charge in [-0.05, 0) is 57.1 Å². The molecule has 3 saturated carbocycles. The lowest BCUT2D eigenvalue weighted by molar-refractivity contribution is -0.757. The van der Waals surface area contributed by atoms with Crippen LogP contribution < -0.4 is 5.73 Å². The van der Waals surface area contributed by atoms with Crippen molar-refractivity contribution in [2.45, 2.75) is 81.9 Å². The average Bonchev–Trinajstić information content (AvgIpc) is 3.14. The second kappa shape index (κ2) is 11.7. The molecule has 0 heterocycles. The molecule has 9 atom stereocenters. The standard InChI is InChI=1S/C28H37FN2O12/c1-25-8-7-16(32)10-15(25)5-6-17-18-11-20(33)28(38,26(18,2)12-21(34)27(17,25)29)22(35)14-42-24(37)19(30)13-41-23(36)4-3-9-43-31(39)40/h7-8,10,17-21,33-34,38H,3-6,9,11-14,30H2,1-2H3/t17?,18?,19?,20-,21+,25+,26+,27+,28+/m1/s1. The SMILES string of the molecule is C[C@]12C=CC(=O)C=C1CCC1C3C[C@@H](O)[C@](O)(C(=O)COC(=O)C(N)COC(=O)CCCO[N+](=O)[O-])[C@@]3(C)C[C@H](O)[C@@]12F. The Hall–Kier alpha value is -3.27. The quantitative estimate of drug-likeness (QED) is 0.105. The summed E-state index contributed by atoms with van der Waals surface area (Å²) in [7, 11) is 0. The largest absolute Gasteiger partial charge is 0.463 e. The van der Waals surface area contributed by atoms with Gasteiger partial charge in [-0.3, -0.25) is 19.2 Å². The molecule has 14 nitrogen and oxygen atoms in total. The molecule has 3 unspecified atom stereocenters. The van der Waals surface area contributed by atoms with E-state index >= 15 is 4.39 Å². The maximum Gasteiger partial charge on any atom is 0.326 e. The summed E-state index contributed by atoms with van der Waals surface area (Å²) in [6, 6.07) is -1.50. The smallest absolute Gasteiger partial charge is 0.326 e. The number of Topliss-reactive ketones (excluding diaryl/α,β-unsaturated/α-hetero) is 1. The first-order chi connectivity index (χ1) is 20.0. The van der Waals surface area contributed by atoms with E-state index in [0.717, 1.165) is 0 Å². The number of halogens is 1. The topological polar surface area (TPSA) is 226 Å². The van der Waals surface area contributed by atoms with E-state index in [4.69, 9.17) is 15.2 Å². The highest BCUT2D eigenvalue weighted by Gasteiger charge is 2.76. The Kier molecular flexibility index (Phi) is 8.86. The molecular formula is C28H37FN2O12. The van der Waals surface area contributed by atoms with Gasteiger partial charge in [0.05, 0.1) is 18.8 Å². The molecule has 0 radical (unpaired) electrons. The number of rotatable bonds is 11. The summed E-state index contributed by atoms with van der Waals surface area (Å²) in [5, 5.41) is 43.2. The van der Waals surface area contributed by atoms with Gasteiger partial charge in [-0.1, -0.05) is 18.6 Å². The van der Waals surface area contributed by atoms with Gasteiger partial charge in [0.25, 0.3) is 5.09 Å². The van der Waals surface area contributed by atoms with Gasteiger partial charge < -0.3 is 35.4 Å². The first-order valence-electron chi connectivity index (χ1n) is 14.1. The summed E-state index contributed by atoms with van der Waals surface area (Å²) < 4.78 is 27.0. The van der Waals surface area contributed by atoms with Crippen molar-refractivity contribution in [2.24, 2.45) is 28.4 Å². The van der Waals surface area contributed by atoms with E-state index in [1.165, 1.54) is 25.2 Å². The second-order valence-corrected chi connectivity index (χ2v) is 12.3. The van der Waals surface area contributed by atoms with E-state index in [1.54, 1.807) is 6.92 Å². The molecule has 0 aromatic heterocycles. The lowest BCUT2D eigenvalue weighted by Gasteiger charge is -2.62. The Labute approximate surface area is 246 Å². The molecule has 0 amide bonds. The normalized spacial score (nSPS) is 38.6. The minimum absolute atomic E-state index is 0.0127. The van der Waals surface area contributed by atoms with E-state index < -0.39 is 88.2 Å². The summed E-state index contributed by atoms with van der Waals surface area (Å²) >= 11 is 0. The van der Waals surface area contributed by atoms with Gasteiger partial charge in [0.2, 0.25) is 5.78 Å². The molecule has 0 aromatic rings. The van der Waals surface area contributed by atoms with E-state index in [1.807, 2.05) is 0 Å². The van der Waals surface area contributed by atoms with Crippen LogP contribution in [-0.4, -0.2) is 93.3 Å². The van der Waals surface area contributed by atoms with Crippen LogP contribution in [0.15, 0.2) is 23.8 Å². The van der Waals surface area contributed by atoms with E-state index in [0.29, 0.717) is 12.0 Å². The number of ketones is 2. The van der Waals surface area contributed by atoms with Crippen molar-refractivity contribution in [3.8, 4) is 0 Å². The number of hydrogen-bond acceptors (Lipinski definition) is 13. The van der Waals surface area contributed by atoms with Crippen molar-refractivity contribution in [3.05, 3.63) is 33.9 Å². The van der Waals surface area contributed by atoms with Gasteiger partial charge in [-0.25, -0.2) is 4.39 Å². The van der Waals surface area contributed by atoms with Crippen molar-refractivity contribution in [2.75, 3.05) is 19.8 Å². The highest BCUT2D eigenvalue weighted by molar-refractivity contribution is 6.01. The number of nitrogens with two attached hydrogens (primary N) is 1. The number of hydrogen-bond donors (Lipinski definition) is 4. The number of fused-ring (bicyclic) bond motifs is 5. The van der Waals surface area contributed by atoms with Gasteiger partial charge in [0.15, 0.2) is 23.7 Å². The van der Waals surface area contributed by atoms with Crippen molar-refractivity contribution in [1.29, 1.82) is 0 Å². The van der Waals surface area contributed by atoms with Crippen molar-refractivity contribution in [1.82, 2.24) is 0 Å². The Morgan fingerprint density at radius 3 is 2.58 bits per heavy atom. The van der Waals surface area contributed by atoms with Crippen LogP contribution in [0.2, 0.25) is 0 Å². The molecule has 0 spiro atoms. The highest BCUT2D eigenvalue weighted by Crippen LogP contribution is 2.69. The molecule has 0 saturated heterocycles. The number of alkyl halides is 1. The van der Waals surface area contributed by atoms with Gasteiger partial charge in [-0.15, -0.1) is 10.1 Å². The van der Waals surface area contributed by atoms with Crippen LogP contribution in [0.5, 0.6) is 0 Å². The minimum Gasteiger partial charge on any atom is -0.463 e. The number of allylic oxidation sites excluding steroid dienone is 4. The fourth-order valence-electron chi connectivity index (χ4n) is 7.76. The molecule has 0 aromatic carbocycles. The zero-order chi connectivity index (χ0) is 32.0. The lowest BCUT2D eigenvalue weighted by atomic mass is 9.44. The summed E-state index contributed by atoms with van der Waals surface area (Å²) in [4.78, 5) is 63.7. The molecule has 43 heavy (non-hydrogen) atoms. The number of carbonyl (C=O) groups excluding carboxylic acids is 4. The number of esters is 2. The zero-order valence-corrected chi connectivity index (χ0v) is 23.9. The van der Waals surface area contributed by atoms with Crippen LogP contribution in [0.1, 0.15) is 52.4 Å². The minimum atomic E-state index is -2.49. The predicted molar refractivity (Wildman–Crippen MR) is 142 cm³/mol. The third-order valence-corrected chi connectivity index (χ3v) is 10.1. The molecule has 4 aliphatic rings. The summed E-state index contributed by atoms with van der Waals surface area (Å²) in [6.07, 6.45) is 0.615. The van der Waals surface area contributed by atoms with Crippen LogP contribution in [-0.2, 0) is 33.5 Å².